The summed E-state index contributed by atoms with van der Waals surface area (Å²) in [5, 5.41) is 20.3. The zero-order valence-corrected chi connectivity index (χ0v) is 10.4. The van der Waals surface area contributed by atoms with Crippen LogP contribution in [0.3, 0.4) is 0 Å². The molecule has 0 aliphatic rings. The normalized spacial score (nSPS) is 12.2. The molecule has 2 amide bonds. The number of urea groups is 1. The number of carbonyl (C=O) groups is 2. The number of nitrogens with zero attached hydrogens (tertiary/aromatic N) is 1. The quantitative estimate of drug-likeness (QED) is 0.599. The first-order valence-corrected chi connectivity index (χ1v) is 5.74. The van der Waals surface area contributed by atoms with Crippen LogP contribution in [-0.4, -0.2) is 33.3 Å². The van der Waals surface area contributed by atoms with Crippen LogP contribution < -0.4 is 10.6 Å². The van der Waals surface area contributed by atoms with E-state index < -0.39 is 18.0 Å². The lowest BCUT2D eigenvalue weighted by molar-refractivity contribution is -0.139. The minimum absolute atomic E-state index is 0.195. The predicted octanol–water partition coefficient (Wildman–Crippen LogP) is 0.708. The minimum atomic E-state index is -1.03. The highest BCUT2D eigenvalue weighted by atomic mass is 16.4. The zero-order chi connectivity index (χ0) is 13.5. The number of aromatic amines is 1. The highest BCUT2D eigenvalue weighted by molar-refractivity contribution is 5.82. The number of hydrogen-bond acceptors (Lipinski definition) is 3. The summed E-state index contributed by atoms with van der Waals surface area (Å²) in [7, 11) is 0. The first kappa shape index (κ1) is 14.0. The van der Waals surface area contributed by atoms with Gasteiger partial charge in [0.2, 0.25) is 0 Å². The molecule has 0 saturated heterocycles. The van der Waals surface area contributed by atoms with Crippen molar-refractivity contribution in [3.63, 3.8) is 0 Å². The summed E-state index contributed by atoms with van der Waals surface area (Å²) in [6.45, 7) is 4.11. The fourth-order valence-electron chi connectivity index (χ4n) is 1.46. The highest BCUT2D eigenvalue weighted by Crippen LogP contribution is 2.04. The van der Waals surface area contributed by atoms with Gasteiger partial charge in [0.05, 0.1) is 6.20 Å². The molecule has 1 unspecified atom stereocenters. The smallest absolute Gasteiger partial charge is 0.326 e. The van der Waals surface area contributed by atoms with Gasteiger partial charge in [-0.1, -0.05) is 13.8 Å². The number of hydrogen-bond donors (Lipinski definition) is 4. The Morgan fingerprint density at radius 2 is 2.22 bits per heavy atom. The van der Waals surface area contributed by atoms with Gasteiger partial charge in [-0.25, -0.2) is 9.59 Å². The van der Waals surface area contributed by atoms with Crippen molar-refractivity contribution in [3.05, 3.63) is 18.0 Å². The molecule has 4 N–H and O–H groups in total. The summed E-state index contributed by atoms with van der Waals surface area (Å²) in [6.07, 6.45) is 3.64. The van der Waals surface area contributed by atoms with E-state index in [0.717, 1.165) is 5.56 Å². The average molecular weight is 254 g/mol. The van der Waals surface area contributed by atoms with Crippen LogP contribution in [0.15, 0.2) is 12.4 Å². The van der Waals surface area contributed by atoms with Crippen LogP contribution in [0.1, 0.15) is 25.8 Å². The van der Waals surface area contributed by atoms with E-state index >= 15 is 0 Å². The van der Waals surface area contributed by atoms with Crippen LogP contribution >= 0.6 is 0 Å². The van der Waals surface area contributed by atoms with E-state index in [0.29, 0.717) is 13.0 Å². The Balaban J connectivity index is 2.39. The second kappa shape index (κ2) is 6.63. The summed E-state index contributed by atoms with van der Waals surface area (Å²) in [5.41, 5.74) is 0.820. The Bertz CT molecular complexity index is 389. The van der Waals surface area contributed by atoms with Gasteiger partial charge in [0, 0.05) is 18.3 Å². The number of aliphatic carboxylic acids is 1. The molecule has 1 atom stereocenters. The van der Waals surface area contributed by atoms with Crippen LogP contribution in [0.2, 0.25) is 0 Å². The fourth-order valence-corrected chi connectivity index (χ4v) is 1.46. The molecule has 0 saturated carbocycles. The van der Waals surface area contributed by atoms with Gasteiger partial charge in [0.15, 0.2) is 0 Å². The number of carbonyl (C=O) groups excluding carboxylic acids is 1. The number of carboxylic acid groups (broad SMARTS) is 1. The lowest BCUT2D eigenvalue weighted by Crippen LogP contribution is -2.46. The molecule has 1 rings (SSSR count). The molecule has 1 aromatic heterocycles. The van der Waals surface area contributed by atoms with Gasteiger partial charge in [0.1, 0.15) is 6.04 Å². The second-order valence-corrected chi connectivity index (χ2v) is 4.45. The van der Waals surface area contributed by atoms with E-state index in [1.165, 1.54) is 0 Å². The first-order chi connectivity index (χ1) is 8.49. The van der Waals surface area contributed by atoms with Crippen LogP contribution in [0.25, 0.3) is 0 Å². The number of rotatable bonds is 6. The summed E-state index contributed by atoms with van der Waals surface area (Å²) in [5.74, 6) is -0.831. The first-order valence-electron chi connectivity index (χ1n) is 5.74. The van der Waals surface area contributed by atoms with Gasteiger partial charge >= 0.3 is 12.0 Å². The van der Waals surface area contributed by atoms with E-state index in [1.54, 1.807) is 12.4 Å². The Kier molecular flexibility index (Phi) is 5.16. The molecule has 0 aliphatic carbocycles. The third-order valence-electron chi connectivity index (χ3n) is 2.32. The zero-order valence-electron chi connectivity index (χ0n) is 10.4. The molecule has 18 heavy (non-hydrogen) atoms. The molecule has 0 aromatic carbocycles. The molecule has 7 nitrogen and oxygen atoms in total. The molecular formula is C11H18N4O3. The summed E-state index contributed by atoms with van der Waals surface area (Å²) >= 11 is 0. The maximum atomic E-state index is 11.5. The standard InChI is InChI=1S/C11H18N4O3/c1-7(2)3-9(10(16)17)15-11(18)12-4-8-5-13-14-6-8/h5-7,9H,3-4H2,1-2H3,(H,13,14)(H,16,17)(H2,12,15,18). The van der Waals surface area contributed by atoms with Gasteiger partial charge in [-0.15, -0.1) is 0 Å². The SMILES string of the molecule is CC(C)CC(NC(=O)NCc1cn[nH]c1)C(=O)O. The molecule has 0 radical (unpaired) electrons. The van der Waals surface area contributed by atoms with Crippen molar-refractivity contribution in [1.29, 1.82) is 0 Å². The summed E-state index contributed by atoms with van der Waals surface area (Å²) in [4.78, 5) is 22.5. The van der Waals surface area contributed by atoms with Gasteiger partial charge in [-0.2, -0.15) is 5.10 Å². The molecule has 1 heterocycles. The maximum absolute atomic E-state index is 11.5. The largest absolute Gasteiger partial charge is 0.480 e. The molecule has 1 aromatic rings. The maximum Gasteiger partial charge on any atom is 0.326 e. The van der Waals surface area contributed by atoms with Crippen molar-refractivity contribution >= 4 is 12.0 Å². The van der Waals surface area contributed by atoms with Gasteiger partial charge in [-0.3, -0.25) is 5.10 Å². The molecule has 0 aliphatic heterocycles. The van der Waals surface area contributed by atoms with E-state index in [2.05, 4.69) is 20.8 Å². The highest BCUT2D eigenvalue weighted by Gasteiger charge is 2.20. The fraction of sp³-hybridized carbons (Fsp3) is 0.545. The molecule has 7 heteroatoms. The summed E-state index contributed by atoms with van der Waals surface area (Å²) in [6, 6.07) is -1.36. The second-order valence-electron chi connectivity index (χ2n) is 4.45. The monoisotopic (exact) mass is 254 g/mol. The van der Waals surface area contributed by atoms with E-state index in [4.69, 9.17) is 5.11 Å². The molecule has 0 fully saturated rings. The molecular weight excluding hydrogens is 236 g/mol. The Hall–Kier alpha value is -2.05. The van der Waals surface area contributed by atoms with Crippen LogP contribution in [0.4, 0.5) is 4.79 Å². The van der Waals surface area contributed by atoms with E-state index in [1.807, 2.05) is 13.8 Å². The minimum Gasteiger partial charge on any atom is -0.480 e. The lowest BCUT2D eigenvalue weighted by atomic mass is 10.0. The van der Waals surface area contributed by atoms with Crippen LogP contribution in [-0.2, 0) is 11.3 Å². The van der Waals surface area contributed by atoms with Crippen molar-refractivity contribution in [1.82, 2.24) is 20.8 Å². The summed E-state index contributed by atoms with van der Waals surface area (Å²) < 4.78 is 0. The molecule has 0 spiro atoms. The van der Waals surface area contributed by atoms with Crippen LogP contribution in [0.5, 0.6) is 0 Å². The lowest BCUT2D eigenvalue weighted by Gasteiger charge is -2.16. The van der Waals surface area contributed by atoms with Gasteiger partial charge in [-0.05, 0) is 12.3 Å². The third-order valence-corrected chi connectivity index (χ3v) is 2.32. The number of aromatic nitrogens is 2. The van der Waals surface area contributed by atoms with Crippen molar-refractivity contribution in [2.75, 3.05) is 0 Å². The molecule has 100 valence electrons. The van der Waals surface area contributed by atoms with E-state index in [9.17, 15) is 9.59 Å². The third kappa shape index (κ3) is 4.86. The van der Waals surface area contributed by atoms with Crippen molar-refractivity contribution in [3.8, 4) is 0 Å². The van der Waals surface area contributed by atoms with Crippen molar-refractivity contribution in [2.24, 2.45) is 5.92 Å². The van der Waals surface area contributed by atoms with E-state index in [-0.39, 0.29) is 5.92 Å². The van der Waals surface area contributed by atoms with Crippen molar-refractivity contribution < 1.29 is 14.7 Å². The number of carboxylic acids is 1. The number of amides is 2. The Morgan fingerprint density at radius 1 is 1.50 bits per heavy atom. The Morgan fingerprint density at radius 3 is 2.72 bits per heavy atom. The van der Waals surface area contributed by atoms with Gasteiger partial charge < -0.3 is 15.7 Å². The van der Waals surface area contributed by atoms with Crippen molar-refractivity contribution in [2.45, 2.75) is 32.9 Å². The van der Waals surface area contributed by atoms with Crippen LogP contribution in [0, 0.1) is 5.92 Å². The number of H-pyrrole nitrogens is 1. The topological polar surface area (TPSA) is 107 Å². The van der Waals surface area contributed by atoms with Gasteiger partial charge in [0.25, 0.3) is 0 Å². The average Bonchev–Trinajstić information content (AvgIpc) is 2.77. The predicted molar refractivity (Wildman–Crippen MR) is 64.8 cm³/mol. The Labute approximate surface area is 105 Å². The molecule has 0 bridgehead atoms. The number of nitrogens with one attached hydrogen (secondary N) is 3.